The number of aliphatic hydroxyl groups is 1. The van der Waals surface area contributed by atoms with Crippen molar-refractivity contribution in [3.8, 4) is 0 Å². The summed E-state index contributed by atoms with van der Waals surface area (Å²) in [6.45, 7) is 0.184. The molecule has 1 aromatic rings. The van der Waals surface area contributed by atoms with E-state index in [1.807, 2.05) is 30.3 Å². The molecule has 0 aromatic heterocycles. The Morgan fingerprint density at radius 3 is 2.69 bits per heavy atom. The molecule has 1 rings (SSSR count). The Balaban J connectivity index is 2.30. The van der Waals surface area contributed by atoms with Crippen molar-refractivity contribution in [3.63, 3.8) is 0 Å². The van der Waals surface area contributed by atoms with Crippen molar-refractivity contribution in [1.82, 2.24) is 5.32 Å². The third kappa shape index (κ3) is 4.29. The molecule has 1 amide bonds. The summed E-state index contributed by atoms with van der Waals surface area (Å²) in [6, 6.07) is 8.89. The van der Waals surface area contributed by atoms with Crippen molar-refractivity contribution < 1.29 is 14.6 Å². The molecule has 4 N–H and O–H groups in total. The molecule has 88 valence electrons. The van der Waals surface area contributed by atoms with Crippen LogP contribution >= 0.6 is 0 Å². The fraction of sp³-hybridized carbons (Fsp3) is 0.364. The summed E-state index contributed by atoms with van der Waals surface area (Å²) in [6.07, 6.45) is -0.576. The molecule has 0 fully saturated rings. The van der Waals surface area contributed by atoms with Gasteiger partial charge in [-0.05, 0) is 5.56 Å². The maximum Gasteiger partial charge on any atom is 0.407 e. The standard InChI is InChI=1S/C11H16N2O3/c12-6-10(7-14)13-11(15)16-8-9-4-2-1-3-5-9/h1-5,10,14H,6-8,12H2,(H,13,15). The van der Waals surface area contributed by atoms with Crippen LogP contribution < -0.4 is 11.1 Å². The molecular formula is C11H16N2O3. The van der Waals surface area contributed by atoms with Crippen molar-refractivity contribution in [2.75, 3.05) is 13.2 Å². The van der Waals surface area contributed by atoms with E-state index in [9.17, 15) is 4.79 Å². The Kier molecular flexibility index (Phi) is 5.31. The Hall–Kier alpha value is -1.59. The minimum atomic E-state index is -0.576. The van der Waals surface area contributed by atoms with Gasteiger partial charge >= 0.3 is 6.09 Å². The number of nitrogens with one attached hydrogen (secondary N) is 1. The molecule has 0 aliphatic rings. The van der Waals surface area contributed by atoms with Crippen LogP contribution in [-0.4, -0.2) is 30.4 Å². The summed E-state index contributed by atoms with van der Waals surface area (Å²) in [5.74, 6) is 0. The zero-order valence-electron chi connectivity index (χ0n) is 8.93. The molecule has 0 saturated heterocycles. The van der Waals surface area contributed by atoms with E-state index in [2.05, 4.69) is 5.32 Å². The van der Waals surface area contributed by atoms with Crippen LogP contribution in [0.25, 0.3) is 0 Å². The van der Waals surface area contributed by atoms with Crippen molar-refractivity contribution in [3.05, 3.63) is 35.9 Å². The second kappa shape index (κ2) is 6.81. The van der Waals surface area contributed by atoms with E-state index >= 15 is 0 Å². The van der Waals surface area contributed by atoms with E-state index in [1.54, 1.807) is 0 Å². The van der Waals surface area contributed by atoms with Crippen molar-refractivity contribution in [2.45, 2.75) is 12.6 Å². The number of ether oxygens (including phenoxy) is 1. The first kappa shape index (κ1) is 12.5. The maximum atomic E-state index is 11.2. The lowest BCUT2D eigenvalue weighted by molar-refractivity contribution is 0.130. The Labute approximate surface area is 94.2 Å². The minimum absolute atomic E-state index is 0.178. The first-order chi connectivity index (χ1) is 7.76. The fourth-order valence-corrected chi connectivity index (χ4v) is 1.11. The average Bonchev–Trinajstić information content (AvgIpc) is 2.34. The number of carbonyl (C=O) groups excluding carboxylic acids is 1. The molecule has 5 nitrogen and oxygen atoms in total. The molecule has 1 atom stereocenters. The van der Waals surface area contributed by atoms with Gasteiger partial charge in [0, 0.05) is 6.54 Å². The molecule has 0 saturated carbocycles. The maximum absolute atomic E-state index is 11.2. The predicted octanol–water partition coefficient (Wildman–Crippen LogP) is 0.232. The number of carbonyl (C=O) groups is 1. The van der Waals surface area contributed by atoms with Crippen LogP contribution in [0.5, 0.6) is 0 Å². The molecule has 0 heterocycles. The van der Waals surface area contributed by atoms with Gasteiger partial charge < -0.3 is 20.9 Å². The van der Waals surface area contributed by atoms with E-state index in [4.69, 9.17) is 15.6 Å². The Morgan fingerprint density at radius 2 is 2.12 bits per heavy atom. The van der Waals surface area contributed by atoms with Crippen LogP contribution in [-0.2, 0) is 11.3 Å². The third-order valence-corrected chi connectivity index (χ3v) is 2.04. The van der Waals surface area contributed by atoms with Crippen molar-refractivity contribution in [1.29, 1.82) is 0 Å². The zero-order valence-corrected chi connectivity index (χ0v) is 8.93. The first-order valence-electron chi connectivity index (χ1n) is 5.04. The highest BCUT2D eigenvalue weighted by Crippen LogP contribution is 2.00. The highest BCUT2D eigenvalue weighted by molar-refractivity contribution is 5.67. The number of aliphatic hydroxyl groups excluding tert-OH is 1. The molecule has 0 aliphatic heterocycles. The van der Waals surface area contributed by atoms with Gasteiger partial charge in [-0.3, -0.25) is 0 Å². The quantitative estimate of drug-likeness (QED) is 0.668. The summed E-state index contributed by atoms with van der Waals surface area (Å²) in [7, 11) is 0. The number of hydrogen-bond acceptors (Lipinski definition) is 4. The number of nitrogens with two attached hydrogens (primary N) is 1. The highest BCUT2D eigenvalue weighted by Gasteiger charge is 2.09. The topological polar surface area (TPSA) is 84.6 Å². The summed E-state index contributed by atoms with van der Waals surface area (Å²) < 4.78 is 4.95. The Morgan fingerprint density at radius 1 is 1.44 bits per heavy atom. The summed E-state index contributed by atoms with van der Waals surface area (Å²) in [5, 5.41) is 11.3. The predicted molar refractivity (Wildman–Crippen MR) is 59.7 cm³/mol. The van der Waals surface area contributed by atoms with Gasteiger partial charge in [-0.15, -0.1) is 0 Å². The highest BCUT2D eigenvalue weighted by atomic mass is 16.5. The molecule has 16 heavy (non-hydrogen) atoms. The molecule has 0 aliphatic carbocycles. The van der Waals surface area contributed by atoms with Gasteiger partial charge in [0.25, 0.3) is 0 Å². The zero-order chi connectivity index (χ0) is 11.8. The lowest BCUT2D eigenvalue weighted by Gasteiger charge is -2.13. The van der Waals surface area contributed by atoms with E-state index < -0.39 is 12.1 Å². The SMILES string of the molecule is NCC(CO)NC(=O)OCc1ccccc1. The van der Waals surface area contributed by atoms with Gasteiger partial charge in [0.1, 0.15) is 6.61 Å². The molecule has 1 unspecified atom stereocenters. The van der Waals surface area contributed by atoms with E-state index in [0.29, 0.717) is 0 Å². The lowest BCUT2D eigenvalue weighted by atomic mass is 10.2. The van der Waals surface area contributed by atoms with Crippen LogP contribution in [0.2, 0.25) is 0 Å². The van der Waals surface area contributed by atoms with Gasteiger partial charge in [-0.25, -0.2) is 4.79 Å². The first-order valence-corrected chi connectivity index (χ1v) is 5.04. The van der Waals surface area contributed by atoms with E-state index in [-0.39, 0.29) is 19.8 Å². The van der Waals surface area contributed by atoms with Gasteiger partial charge in [0.05, 0.1) is 12.6 Å². The van der Waals surface area contributed by atoms with Crippen LogP contribution in [0.1, 0.15) is 5.56 Å². The molecule has 0 radical (unpaired) electrons. The van der Waals surface area contributed by atoms with Gasteiger partial charge in [-0.1, -0.05) is 30.3 Å². The van der Waals surface area contributed by atoms with Gasteiger partial charge in [0.15, 0.2) is 0 Å². The summed E-state index contributed by atoms with van der Waals surface area (Å²) in [4.78, 5) is 11.2. The average molecular weight is 224 g/mol. The largest absolute Gasteiger partial charge is 0.445 e. The number of hydrogen-bond donors (Lipinski definition) is 3. The molecule has 5 heteroatoms. The minimum Gasteiger partial charge on any atom is -0.445 e. The second-order valence-electron chi connectivity index (χ2n) is 3.32. The van der Waals surface area contributed by atoms with Gasteiger partial charge in [0.2, 0.25) is 0 Å². The Bertz CT molecular complexity index is 312. The van der Waals surface area contributed by atoms with Crippen LogP contribution in [0.15, 0.2) is 30.3 Å². The van der Waals surface area contributed by atoms with E-state index in [0.717, 1.165) is 5.56 Å². The normalized spacial score (nSPS) is 11.9. The van der Waals surface area contributed by atoms with E-state index in [1.165, 1.54) is 0 Å². The molecule has 0 bridgehead atoms. The molecular weight excluding hydrogens is 208 g/mol. The monoisotopic (exact) mass is 224 g/mol. The molecule has 0 spiro atoms. The van der Waals surface area contributed by atoms with Gasteiger partial charge in [-0.2, -0.15) is 0 Å². The number of amides is 1. The van der Waals surface area contributed by atoms with Crippen molar-refractivity contribution in [2.24, 2.45) is 5.73 Å². The van der Waals surface area contributed by atoms with Crippen LogP contribution in [0.3, 0.4) is 0 Å². The number of benzene rings is 1. The van der Waals surface area contributed by atoms with Crippen LogP contribution in [0, 0.1) is 0 Å². The number of alkyl carbamates (subject to hydrolysis) is 1. The third-order valence-electron chi connectivity index (χ3n) is 2.04. The fourth-order valence-electron chi connectivity index (χ4n) is 1.11. The number of rotatable bonds is 5. The smallest absolute Gasteiger partial charge is 0.407 e. The van der Waals surface area contributed by atoms with Crippen LogP contribution in [0.4, 0.5) is 4.79 Å². The second-order valence-corrected chi connectivity index (χ2v) is 3.32. The summed E-state index contributed by atoms with van der Waals surface area (Å²) >= 11 is 0. The lowest BCUT2D eigenvalue weighted by Crippen LogP contribution is -2.42. The summed E-state index contributed by atoms with van der Waals surface area (Å²) in [5.41, 5.74) is 6.22. The molecule has 1 aromatic carbocycles. The van der Waals surface area contributed by atoms with Crippen molar-refractivity contribution >= 4 is 6.09 Å².